The average molecular weight is 254 g/mol. The first-order valence-electron chi connectivity index (χ1n) is 6.96. The molecule has 19 heavy (non-hydrogen) atoms. The number of aromatic nitrogens is 2. The van der Waals surface area contributed by atoms with E-state index in [0.717, 1.165) is 42.3 Å². The van der Waals surface area contributed by atoms with Gasteiger partial charge in [0.05, 0.1) is 11.7 Å². The van der Waals surface area contributed by atoms with Crippen molar-refractivity contribution < 1.29 is 4.74 Å². The molecule has 0 radical (unpaired) electrons. The number of ether oxygens (including phenoxy) is 1. The van der Waals surface area contributed by atoms with Gasteiger partial charge in [-0.05, 0) is 37.5 Å². The standard InChI is InChI=1S/C16H18N2O/c1-2-3-6-13-8-9-15-14(11-13)12-17-18(15)16-7-4-5-10-19-16/h8-9,11-12,16H,2,4-5,7,10H2,1H3. The summed E-state index contributed by atoms with van der Waals surface area (Å²) in [5, 5.41) is 5.62. The zero-order valence-electron chi connectivity index (χ0n) is 11.2. The minimum Gasteiger partial charge on any atom is -0.356 e. The fourth-order valence-corrected chi connectivity index (χ4v) is 2.47. The Hall–Kier alpha value is -1.79. The van der Waals surface area contributed by atoms with Gasteiger partial charge in [0, 0.05) is 24.0 Å². The van der Waals surface area contributed by atoms with Crippen LogP contribution in [0.15, 0.2) is 24.4 Å². The molecular formula is C16H18N2O. The Morgan fingerprint density at radius 3 is 3.16 bits per heavy atom. The molecule has 3 rings (SSSR count). The smallest absolute Gasteiger partial charge is 0.150 e. The van der Waals surface area contributed by atoms with Crippen molar-refractivity contribution in [1.82, 2.24) is 9.78 Å². The molecule has 0 N–H and O–H groups in total. The Kier molecular flexibility index (Phi) is 3.52. The van der Waals surface area contributed by atoms with Crippen LogP contribution in [0.1, 0.15) is 44.4 Å². The van der Waals surface area contributed by atoms with E-state index in [0.29, 0.717) is 0 Å². The van der Waals surface area contributed by atoms with E-state index in [9.17, 15) is 0 Å². The summed E-state index contributed by atoms with van der Waals surface area (Å²) in [7, 11) is 0. The largest absolute Gasteiger partial charge is 0.356 e. The second-order valence-electron chi connectivity index (χ2n) is 4.84. The van der Waals surface area contributed by atoms with Crippen molar-refractivity contribution in [2.24, 2.45) is 0 Å². The van der Waals surface area contributed by atoms with Crippen LogP contribution in [0.5, 0.6) is 0 Å². The van der Waals surface area contributed by atoms with E-state index in [1.165, 1.54) is 6.42 Å². The second-order valence-corrected chi connectivity index (χ2v) is 4.84. The van der Waals surface area contributed by atoms with Crippen LogP contribution in [-0.4, -0.2) is 16.4 Å². The van der Waals surface area contributed by atoms with Crippen molar-refractivity contribution in [2.45, 2.75) is 38.8 Å². The minimum absolute atomic E-state index is 0.0961. The van der Waals surface area contributed by atoms with Crippen molar-refractivity contribution in [3.05, 3.63) is 30.0 Å². The summed E-state index contributed by atoms with van der Waals surface area (Å²) in [6.45, 7) is 2.90. The quantitative estimate of drug-likeness (QED) is 0.728. The van der Waals surface area contributed by atoms with E-state index in [-0.39, 0.29) is 6.23 Å². The van der Waals surface area contributed by atoms with Crippen LogP contribution in [0.2, 0.25) is 0 Å². The average Bonchev–Trinajstić information content (AvgIpc) is 2.89. The van der Waals surface area contributed by atoms with E-state index >= 15 is 0 Å². The van der Waals surface area contributed by atoms with Crippen molar-refractivity contribution >= 4 is 10.9 Å². The maximum Gasteiger partial charge on any atom is 0.150 e. The molecule has 0 bridgehead atoms. The normalized spacial score (nSPS) is 19.1. The van der Waals surface area contributed by atoms with Crippen LogP contribution in [0, 0.1) is 11.8 Å². The lowest BCUT2D eigenvalue weighted by atomic mass is 10.1. The van der Waals surface area contributed by atoms with Crippen LogP contribution in [0.25, 0.3) is 10.9 Å². The molecule has 2 aromatic rings. The monoisotopic (exact) mass is 254 g/mol. The predicted octanol–water partition coefficient (Wildman–Crippen LogP) is 3.50. The first-order chi connectivity index (χ1) is 9.38. The first-order valence-corrected chi connectivity index (χ1v) is 6.96. The molecule has 1 aliphatic heterocycles. The summed E-state index contributed by atoms with van der Waals surface area (Å²) in [5.74, 6) is 6.25. The van der Waals surface area contributed by atoms with E-state index in [2.05, 4.69) is 42.1 Å². The summed E-state index contributed by atoms with van der Waals surface area (Å²) >= 11 is 0. The molecule has 0 aliphatic carbocycles. The van der Waals surface area contributed by atoms with Gasteiger partial charge in [-0.1, -0.05) is 18.8 Å². The number of hydrogen-bond donors (Lipinski definition) is 0. The topological polar surface area (TPSA) is 27.1 Å². The van der Waals surface area contributed by atoms with Crippen LogP contribution >= 0.6 is 0 Å². The third-order valence-electron chi connectivity index (χ3n) is 3.43. The summed E-state index contributed by atoms with van der Waals surface area (Å²) < 4.78 is 7.80. The predicted molar refractivity (Wildman–Crippen MR) is 75.7 cm³/mol. The highest BCUT2D eigenvalue weighted by molar-refractivity contribution is 5.80. The SMILES string of the molecule is CCC#Cc1ccc2c(cnn2C2CCCCO2)c1. The molecule has 1 atom stereocenters. The Labute approximate surface area is 113 Å². The van der Waals surface area contributed by atoms with E-state index in [1.807, 2.05) is 10.9 Å². The molecule has 1 aliphatic rings. The molecule has 3 nitrogen and oxygen atoms in total. The van der Waals surface area contributed by atoms with Crippen molar-refractivity contribution in [1.29, 1.82) is 0 Å². The molecule has 1 unspecified atom stereocenters. The Balaban J connectivity index is 1.95. The number of hydrogen-bond acceptors (Lipinski definition) is 2. The number of fused-ring (bicyclic) bond motifs is 1. The third-order valence-corrected chi connectivity index (χ3v) is 3.43. The van der Waals surface area contributed by atoms with Crippen LogP contribution in [0.4, 0.5) is 0 Å². The summed E-state index contributed by atoms with van der Waals surface area (Å²) in [4.78, 5) is 0. The van der Waals surface area contributed by atoms with Gasteiger partial charge < -0.3 is 4.74 Å². The fraction of sp³-hybridized carbons (Fsp3) is 0.438. The first kappa shape index (κ1) is 12.3. The van der Waals surface area contributed by atoms with Crippen molar-refractivity contribution in [3.63, 3.8) is 0 Å². The van der Waals surface area contributed by atoms with Gasteiger partial charge in [0.15, 0.2) is 6.23 Å². The Morgan fingerprint density at radius 2 is 2.37 bits per heavy atom. The Morgan fingerprint density at radius 1 is 1.42 bits per heavy atom. The number of benzene rings is 1. The minimum atomic E-state index is 0.0961. The van der Waals surface area contributed by atoms with Gasteiger partial charge in [0.1, 0.15) is 0 Å². The second kappa shape index (κ2) is 5.46. The van der Waals surface area contributed by atoms with Crippen LogP contribution < -0.4 is 0 Å². The molecule has 1 aromatic heterocycles. The van der Waals surface area contributed by atoms with Gasteiger partial charge in [-0.3, -0.25) is 0 Å². The maximum absolute atomic E-state index is 5.80. The van der Waals surface area contributed by atoms with Gasteiger partial charge in [-0.15, -0.1) is 0 Å². The molecule has 1 aromatic carbocycles. The molecule has 0 spiro atoms. The lowest BCUT2D eigenvalue weighted by Crippen LogP contribution is -2.18. The van der Waals surface area contributed by atoms with Crippen molar-refractivity contribution in [2.75, 3.05) is 6.61 Å². The lowest BCUT2D eigenvalue weighted by molar-refractivity contribution is -0.0366. The van der Waals surface area contributed by atoms with Gasteiger partial charge in [0.25, 0.3) is 0 Å². The molecule has 1 saturated heterocycles. The van der Waals surface area contributed by atoms with Gasteiger partial charge in [-0.25, -0.2) is 4.68 Å². The van der Waals surface area contributed by atoms with Crippen LogP contribution in [0.3, 0.4) is 0 Å². The highest BCUT2D eigenvalue weighted by Crippen LogP contribution is 2.26. The van der Waals surface area contributed by atoms with Crippen LogP contribution in [-0.2, 0) is 4.74 Å². The van der Waals surface area contributed by atoms with E-state index < -0.39 is 0 Å². The molecule has 0 saturated carbocycles. The van der Waals surface area contributed by atoms with Gasteiger partial charge in [-0.2, -0.15) is 5.10 Å². The zero-order valence-corrected chi connectivity index (χ0v) is 11.2. The zero-order chi connectivity index (χ0) is 13.1. The molecular weight excluding hydrogens is 236 g/mol. The summed E-state index contributed by atoms with van der Waals surface area (Å²) in [5.41, 5.74) is 2.19. The maximum atomic E-state index is 5.80. The molecule has 98 valence electrons. The lowest BCUT2D eigenvalue weighted by Gasteiger charge is -2.23. The molecule has 2 heterocycles. The molecule has 1 fully saturated rings. The summed E-state index contributed by atoms with van der Waals surface area (Å²) in [6, 6.07) is 6.26. The van der Waals surface area contributed by atoms with Crippen molar-refractivity contribution in [3.8, 4) is 11.8 Å². The van der Waals surface area contributed by atoms with E-state index in [1.54, 1.807) is 0 Å². The fourth-order valence-electron chi connectivity index (χ4n) is 2.47. The van der Waals surface area contributed by atoms with Gasteiger partial charge >= 0.3 is 0 Å². The molecule has 3 heteroatoms. The summed E-state index contributed by atoms with van der Waals surface area (Å²) in [6.07, 6.45) is 6.31. The van der Waals surface area contributed by atoms with E-state index in [4.69, 9.17) is 4.74 Å². The number of rotatable bonds is 1. The molecule has 0 amide bonds. The third kappa shape index (κ3) is 2.50. The highest BCUT2D eigenvalue weighted by atomic mass is 16.5. The highest BCUT2D eigenvalue weighted by Gasteiger charge is 2.18. The Bertz CT molecular complexity index is 627. The van der Waals surface area contributed by atoms with Gasteiger partial charge in [0.2, 0.25) is 0 Å². The number of nitrogens with zero attached hydrogens (tertiary/aromatic N) is 2.